The highest BCUT2D eigenvalue weighted by molar-refractivity contribution is 8.76. The van der Waals surface area contributed by atoms with Crippen molar-refractivity contribution in [2.45, 2.75) is 31.7 Å². The molecular formula is C13H18N2O3S2. The maximum absolute atomic E-state index is 11.1. The van der Waals surface area contributed by atoms with Gasteiger partial charge in [0.1, 0.15) is 0 Å². The van der Waals surface area contributed by atoms with E-state index in [0.717, 1.165) is 0 Å². The highest BCUT2D eigenvalue weighted by Gasteiger charge is 2.17. The molecular weight excluding hydrogens is 296 g/mol. The molecule has 1 rings (SSSR count). The molecule has 7 heteroatoms. The summed E-state index contributed by atoms with van der Waals surface area (Å²) in [5, 5.41) is 13.8. The number of para-hydroxylation sites is 1. The molecule has 0 unspecified atom stereocenters. The molecule has 110 valence electrons. The quantitative estimate of drug-likeness (QED) is 0.474. The smallest absolute Gasteiger partial charge is 0.283 e. The van der Waals surface area contributed by atoms with Crippen LogP contribution >= 0.6 is 21.6 Å². The van der Waals surface area contributed by atoms with Gasteiger partial charge in [0.25, 0.3) is 5.69 Å². The van der Waals surface area contributed by atoms with Crippen LogP contribution < -0.4 is 5.32 Å². The van der Waals surface area contributed by atoms with Crippen LogP contribution in [0.4, 0.5) is 5.69 Å². The summed E-state index contributed by atoms with van der Waals surface area (Å²) >= 11 is 0. The number of hydrogen-bond donors (Lipinski definition) is 1. The molecule has 0 heterocycles. The van der Waals surface area contributed by atoms with Crippen molar-refractivity contribution in [2.24, 2.45) is 5.92 Å². The molecule has 0 fully saturated rings. The fourth-order valence-corrected chi connectivity index (χ4v) is 4.13. The van der Waals surface area contributed by atoms with Crippen molar-refractivity contribution in [1.29, 1.82) is 0 Å². The van der Waals surface area contributed by atoms with Crippen molar-refractivity contribution in [3.05, 3.63) is 34.4 Å². The van der Waals surface area contributed by atoms with Crippen LogP contribution in [-0.2, 0) is 4.79 Å². The molecule has 0 aliphatic carbocycles. The molecule has 0 bridgehead atoms. The summed E-state index contributed by atoms with van der Waals surface area (Å²) in [6, 6.07) is 6.73. The first kappa shape index (κ1) is 16.8. The molecule has 0 radical (unpaired) electrons. The second kappa shape index (κ2) is 8.16. The molecule has 0 spiro atoms. The number of carbonyl (C=O) groups is 1. The third-order valence-electron chi connectivity index (χ3n) is 2.65. The molecule has 0 saturated heterocycles. The van der Waals surface area contributed by atoms with E-state index in [4.69, 9.17) is 0 Å². The maximum Gasteiger partial charge on any atom is 0.283 e. The molecule has 1 aromatic carbocycles. The van der Waals surface area contributed by atoms with E-state index in [9.17, 15) is 14.9 Å². The van der Waals surface area contributed by atoms with E-state index in [1.165, 1.54) is 34.6 Å². The van der Waals surface area contributed by atoms with Crippen LogP contribution in [0.5, 0.6) is 0 Å². The van der Waals surface area contributed by atoms with Crippen molar-refractivity contribution < 1.29 is 9.72 Å². The average Bonchev–Trinajstić information content (AvgIpc) is 2.37. The number of nitro groups is 1. The molecule has 1 atom stereocenters. The second-order valence-electron chi connectivity index (χ2n) is 4.64. The number of nitrogens with one attached hydrogen (secondary N) is 1. The van der Waals surface area contributed by atoms with Crippen molar-refractivity contribution in [1.82, 2.24) is 5.32 Å². The first-order chi connectivity index (χ1) is 9.41. The molecule has 20 heavy (non-hydrogen) atoms. The summed E-state index contributed by atoms with van der Waals surface area (Å²) in [6.45, 7) is 5.57. The van der Waals surface area contributed by atoms with E-state index in [2.05, 4.69) is 5.32 Å². The SMILES string of the molecule is CC(=O)N[C@@H](CSSc1ccccc1[N+](=O)[O-])C(C)C. The standard InChI is InChI=1S/C13H18N2O3S2/c1-9(2)11(14-10(3)16)8-19-20-13-7-5-4-6-12(13)15(17)18/h4-7,9,11H,8H2,1-3H3,(H,14,16)/t11-/m0/s1. The Labute approximate surface area is 126 Å². The van der Waals surface area contributed by atoms with E-state index in [-0.39, 0.29) is 22.6 Å². The van der Waals surface area contributed by atoms with E-state index >= 15 is 0 Å². The Morgan fingerprint density at radius 3 is 2.60 bits per heavy atom. The lowest BCUT2D eigenvalue weighted by Crippen LogP contribution is -2.38. The Morgan fingerprint density at radius 2 is 2.05 bits per heavy atom. The zero-order valence-corrected chi connectivity index (χ0v) is 13.3. The molecule has 1 N–H and O–H groups in total. The van der Waals surface area contributed by atoms with Gasteiger partial charge in [0.05, 0.1) is 9.82 Å². The number of hydrogen-bond acceptors (Lipinski definition) is 5. The van der Waals surface area contributed by atoms with Gasteiger partial charge in [0.15, 0.2) is 0 Å². The van der Waals surface area contributed by atoms with E-state index < -0.39 is 0 Å². The van der Waals surface area contributed by atoms with Crippen LogP contribution in [0.25, 0.3) is 0 Å². The van der Waals surface area contributed by atoms with Crippen LogP contribution in [0, 0.1) is 16.0 Å². The minimum absolute atomic E-state index is 0.0556. The molecule has 0 saturated carbocycles. The highest BCUT2D eigenvalue weighted by atomic mass is 33.1. The lowest BCUT2D eigenvalue weighted by molar-refractivity contribution is -0.387. The maximum atomic E-state index is 11.1. The number of rotatable bonds is 7. The first-order valence-electron chi connectivity index (χ1n) is 6.21. The van der Waals surface area contributed by atoms with E-state index in [1.54, 1.807) is 18.2 Å². The summed E-state index contributed by atoms with van der Waals surface area (Å²) in [5.41, 5.74) is 0.116. The van der Waals surface area contributed by atoms with Crippen LogP contribution in [-0.4, -0.2) is 22.6 Å². The average molecular weight is 314 g/mol. The number of amides is 1. The Bertz CT molecular complexity index is 480. The van der Waals surface area contributed by atoms with Gasteiger partial charge in [-0.2, -0.15) is 0 Å². The summed E-state index contributed by atoms with van der Waals surface area (Å²) in [4.78, 5) is 22.3. The van der Waals surface area contributed by atoms with Gasteiger partial charge in [-0.1, -0.05) is 47.6 Å². The molecule has 0 aliphatic heterocycles. The Balaban J connectivity index is 2.59. The van der Waals surface area contributed by atoms with E-state index in [0.29, 0.717) is 16.6 Å². The Hall–Kier alpha value is -1.21. The van der Waals surface area contributed by atoms with E-state index in [1.807, 2.05) is 13.8 Å². The van der Waals surface area contributed by atoms with Gasteiger partial charge in [-0.15, -0.1) is 0 Å². The highest BCUT2D eigenvalue weighted by Crippen LogP contribution is 2.37. The van der Waals surface area contributed by atoms with Crippen LogP contribution in [0.2, 0.25) is 0 Å². The van der Waals surface area contributed by atoms with Crippen molar-refractivity contribution in [3.8, 4) is 0 Å². The van der Waals surface area contributed by atoms with Gasteiger partial charge >= 0.3 is 0 Å². The monoisotopic (exact) mass is 314 g/mol. The predicted molar refractivity (Wildman–Crippen MR) is 83.9 cm³/mol. The lowest BCUT2D eigenvalue weighted by Gasteiger charge is -2.20. The molecule has 5 nitrogen and oxygen atoms in total. The van der Waals surface area contributed by atoms with Gasteiger partial charge in [-0.3, -0.25) is 14.9 Å². The predicted octanol–water partition coefficient (Wildman–Crippen LogP) is 3.50. The van der Waals surface area contributed by atoms with Gasteiger partial charge in [-0.25, -0.2) is 0 Å². The van der Waals surface area contributed by atoms with Crippen LogP contribution in [0.1, 0.15) is 20.8 Å². The zero-order chi connectivity index (χ0) is 15.1. The topological polar surface area (TPSA) is 72.2 Å². The number of nitro benzene ring substituents is 1. The van der Waals surface area contributed by atoms with Crippen molar-refractivity contribution in [3.63, 3.8) is 0 Å². The van der Waals surface area contributed by atoms with Crippen molar-refractivity contribution in [2.75, 3.05) is 5.75 Å². The Morgan fingerprint density at radius 1 is 1.40 bits per heavy atom. The zero-order valence-electron chi connectivity index (χ0n) is 11.7. The first-order valence-corrected chi connectivity index (χ1v) is 8.53. The number of nitrogens with zero attached hydrogens (tertiary/aromatic N) is 1. The van der Waals surface area contributed by atoms with Gasteiger partial charge < -0.3 is 5.32 Å². The van der Waals surface area contributed by atoms with Crippen molar-refractivity contribution >= 4 is 33.2 Å². The van der Waals surface area contributed by atoms with Gasteiger partial charge in [-0.05, 0) is 12.0 Å². The molecule has 0 aliphatic rings. The minimum Gasteiger partial charge on any atom is -0.352 e. The summed E-state index contributed by atoms with van der Waals surface area (Å²) in [6.07, 6.45) is 0. The largest absolute Gasteiger partial charge is 0.352 e. The van der Waals surface area contributed by atoms with Crippen LogP contribution in [0.3, 0.4) is 0 Å². The Kier molecular flexibility index (Phi) is 6.87. The molecule has 0 aromatic heterocycles. The fraction of sp³-hybridized carbons (Fsp3) is 0.462. The molecule has 1 amide bonds. The van der Waals surface area contributed by atoms with Crippen LogP contribution in [0.15, 0.2) is 29.2 Å². The fourth-order valence-electron chi connectivity index (χ4n) is 1.51. The third kappa shape index (κ3) is 5.42. The normalized spacial score (nSPS) is 12.2. The minimum atomic E-state index is -0.378. The number of carbonyl (C=O) groups excluding carboxylic acids is 1. The van der Waals surface area contributed by atoms with Gasteiger partial charge in [0.2, 0.25) is 5.91 Å². The second-order valence-corrected chi connectivity index (χ2v) is 7.03. The summed E-state index contributed by atoms with van der Waals surface area (Å²) in [7, 11) is 2.89. The summed E-state index contributed by atoms with van der Waals surface area (Å²) in [5.74, 6) is 0.964. The summed E-state index contributed by atoms with van der Waals surface area (Å²) < 4.78 is 0. The third-order valence-corrected chi connectivity index (χ3v) is 5.09. The lowest BCUT2D eigenvalue weighted by atomic mass is 10.1. The number of benzene rings is 1. The van der Waals surface area contributed by atoms with Gasteiger partial charge in [0, 0.05) is 24.8 Å². The molecule has 1 aromatic rings.